The van der Waals surface area contributed by atoms with Gasteiger partial charge in [-0.15, -0.1) is 30.7 Å². The molecule has 0 spiro atoms. The number of halogens is 4. The molecule has 108 heavy (non-hydrogen) atoms. The number of hydrogen-bond donors (Lipinski definition) is 8. The Balaban J connectivity index is 0.000000166. The Hall–Kier alpha value is -14.3. The average molecular weight is 1580 g/mol. The number of nitro groups is 4. The Kier molecular flexibility index (Phi) is 25.1. The zero-order chi connectivity index (χ0) is 78.2. The van der Waals surface area contributed by atoms with Gasteiger partial charge in [0.15, 0.2) is 43.9 Å². The summed E-state index contributed by atoms with van der Waals surface area (Å²) < 4.78 is 17.1. The zero-order valence-electron chi connectivity index (χ0n) is 54.0. The molecule has 0 bridgehead atoms. The minimum absolute atomic E-state index is 0.0356. The number of nitrogens with one attached hydrogen (secondary N) is 4. The van der Waals surface area contributed by atoms with Crippen molar-refractivity contribution in [3.05, 3.63) is 297 Å². The fraction of sp³-hybridized carbons (Fsp3) is 0. The lowest BCUT2D eigenvalue weighted by molar-refractivity contribution is -0.385. The number of azo groups is 4. The lowest BCUT2D eigenvalue weighted by atomic mass is 10.1. The molecule has 0 saturated heterocycles. The third-order valence-electron chi connectivity index (χ3n) is 14.2. The summed E-state index contributed by atoms with van der Waals surface area (Å²) in [5, 5.41) is 86.2. The van der Waals surface area contributed by atoms with Gasteiger partial charge in [0.1, 0.15) is 11.4 Å². The van der Waals surface area contributed by atoms with Crippen LogP contribution in [0.25, 0.3) is 45.0 Å². The van der Waals surface area contributed by atoms with E-state index in [1.54, 1.807) is 78.9 Å². The van der Waals surface area contributed by atoms with Gasteiger partial charge in [0.05, 0.1) is 58.9 Å². The molecule has 544 valence electrons. The molecule has 0 aliphatic carbocycles. The summed E-state index contributed by atoms with van der Waals surface area (Å²) in [4.78, 5) is 103. The van der Waals surface area contributed by atoms with Gasteiger partial charge in [-0.2, -0.15) is 29.0 Å². The Labute approximate surface area is 631 Å². The van der Waals surface area contributed by atoms with Crippen LogP contribution in [0.1, 0.15) is 0 Å². The minimum atomic E-state index is -1.03. The first kappa shape index (κ1) is 77.9. The number of non-ortho nitro benzene ring substituents is 4. The summed E-state index contributed by atoms with van der Waals surface area (Å²) in [6.07, 6.45) is 0. The van der Waals surface area contributed by atoms with Crippen molar-refractivity contribution < 1.29 is 28.9 Å². The number of carbonyl (C=O) groups is 1. The molecule has 1 amide bonds. The molecule has 44 heteroatoms. The predicted molar refractivity (Wildman–Crippen MR) is 408 cm³/mol. The van der Waals surface area contributed by atoms with Crippen molar-refractivity contribution in [3.63, 3.8) is 0 Å². The number of aromatic amines is 4. The summed E-state index contributed by atoms with van der Waals surface area (Å²) in [7, 11) is 0. The molecule has 0 saturated carbocycles. The van der Waals surface area contributed by atoms with Crippen LogP contribution in [0.5, 0.6) is 0 Å². The second-order valence-electron chi connectivity index (χ2n) is 21.1. The molecular formula is C64H44Cl3FN24O13S3. The van der Waals surface area contributed by atoms with Gasteiger partial charge in [-0.05, 0) is 158 Å². The Morgan fingerprint density at radius 3 is 0.898 bits per heavy atom. The van der Waals surface area contributed by atoms with Crippen LogP contribution in [0.15, 0.2) is 254 Å². The highest BCUT2D eigenvalue weighted by Gasteiger charge is 2.24. The van der Waals surface area contributed by atoms with E-state index < -0.39 is 53.8 Å². The van der Waals surface area contributed by atoms with Gasteiger partial charge in [0, 0.05) is 80.8 Å². The largest absolute Gasteiger partial charge is 0.374 e. The quantitative estimate of drug-likeness (QED) is 0.0193. The average Bonchev–Trinajstić information content (AvgIpc) is 1.67. The maximum atomic E-state index is 13.7. The summed E-state index contributed by atoms with van der Waals surface area (Å²) in [6, 6.07) is 46.2. The van der Waals surface area contributed by atoms with Crippen LogP contribution < -0.4 is 45.2 Å². The number of amides is 1. The van der Waals surface area contributed by atoms with Crippen LogP contribution >= 0.6 is 71.5 Å². The molecule has 12 aromatic rings. The normalized spacial score (nSPS) is 11.0. The molecule has 0 unspecified atom stereocenters. The smallest absolute Gasteiger partial charge is 0.341 e. The topological polar surface area (TPSA) is 544 Å². The molecule has 0 radical (unpaired) electrons. The highest BCUT2D eigenvalue weighted by atomic mass is 35.5. The lowest BCUT2D eigenvalue weighted by Crippen LogP contribution is -2.29. The van der Waals surface area contributed by atoms with Crippen LogP contribution in [0.4, 0.5) is 77.4 Å². The van der Waals surface area contributed by atoms with E-state index in [9.17, 15) is 68.8 Å². The second-order valence-corrected chi connectivity index (χ2v) is 23.7. The number of benzene rings is 8. The second kappa shape index (κ2) is 34.8. The number of rotatable bonds is 16. The molecule has 0 aliphatic heterocycles. The SMILES string of the molecule is NC(=O)n1[nH]c(-c2ccc([N+](=O)[O-])cc2)c(N=Nc2ccc(Cl)cc2)c1=O.NC(=S)n1[nH]c(-c2ccc([N+](=O)[O-])cc2)c(N=Nc2ccc(Cl)cc2)c1=O.NC(=S)n1[nH]c(-c2ccc([N+](=O)[O-])cc2)c(N=Nc2ccccc2Cl)c1=O.NC(=S)n1[nH]c(-c2ccc([N+](=O)[O-])cc2)c(N=Nc2ccccc2F)c1=O. The Morgan fingerprint density at radius 2 is 0.620 bits per heavy atom. The number of H-pyrrole nitrogens is 4. The van der Waals surface area contributed by atoms with E-state index in [2.05, 4.69) is 61.3 Å². The fourth-order valence-corrected chi connectivity index (χ4v) is 9.83. The predicted octanol–water partition coefficient (Wildman–Crippen LogP) is 15.0. The van der Waals surface area contributed by atoms with Gasteiger partial charge < -0.3 is 22.9 Å². The molecule has 0 aliphatic rings. The highest BCUT2D eigenvalue weighted by molar-refractivity contribution is 7.80. The van der Waals surface area contributed by atoms with Crippen LogP contribution in [0, 0.1) is 46.3 Å². The van der Waals surface area contributed by atoms with Crippen molar-refractivity contribution in [2.75, 3.05) is 0 Å². The molecular weight excluding hydrogens is 1530 g/mol. The highest BCUT2D eigenvalue weighted by Crippen LogP contribution is 2.35. The van der Waals surface area contributed by atoms with Gasteiger partial charge in [-0.3, -0.25) is 80.0 Å². The van der Waals surface area contributed by atoms with E-state index in [4.69, 9.17) is 94.4 Å². The van der Waals surface area contributed by atoms with Gasteiger partial charge >= 0.3 is 28.3 Å². The molecule has 12 rings (SSSR count). The third kappa shape index (κ3) is 18.9. The van der Waals surface area contributed by atoms with E-state index >= 15 is 0 Å². The Bertz CT molecular complexity index is 5520. The van der Waals surface area contributed by atoms with Crippen molar-refractivity contribution in [2.45, 2.75) is 0 Å². The van der Waals surface area contributed by atoms with Gasteiger partial charge in [-0.25, -0.2) is 9.18 Å². The summed E-state index contributed by atoms with van der Waals surface area (Å²) in [6.45, 7) is 0. The molecule has 4 aromatic heterocycles. The van der Waals surface area contributed by atoms with E-state index in [0.29, 0.717) is 59.1 Å². The number of nitrogens with two attached hydrogens (primary N) is 4. The first-order valence-electron chi connectivity index (χ1n) is 29.8. The third-order valence-corrected chi connectivity index (χ3v) is 15.6. The monoisotopic (exact) mass is 1580 g/mol. The van der Waals surface area contributed by atoms with Crippen molar-refractivity contribution in [1.29, 1.82) is 0 Å². The first-order valence-corrected chi connectivity index (χ1v) is 32.1. The number of nitro benzene ring substituents is 4. The molecule has 0 fully saturated rings. The van der Waals surface area contributed by atoms with Crippen LogP contribution in [-0.4, -0.2) is 80.2 Å². The number of nitrogens with zero attached hydrogens (tertiary/aromatic N) is 16. The van der Waals surface area contributed by atoms with Gasteiger partial charge in [0.25, 0.3) is 22.7 Å². The molecule has 8 aromatic carbocycles. The number of thiocarbonyl (C=S) groups is 3. The van der Waals surface area contributed by atoms with Crippen molar-refractivity contribution >= 4 is 161 Å². The van der Waals surface area contributed by atoms with Crippen molar-refractivity contribution in [2.24, 2.45) is 63.8 Å². The number of primary amides is 1. The number of carbonyl (C=O) groups excluding carboxylic acids is 1. The molecule has 37 nitrogen and oxygen atoms in total. The number of aromatic nitrogens is 8. The Morgan fingerprint density at radius 1 is 0.361 bits per heavy atom. The maximum Gasteiger partial charge on any atom is 0.341 e. The number of hydrogen-bond acceptors (Lipinski definition) is 24. The van der Waals surface area contributed by atoms with Gasteiger partial charge in [0.2, 0.25) is 0 Å². The van der Waals surface area contributed by atoms with Crippen molar-refractivity contribution in [3.8, 4) is 45.0 Å². The standard InChI is InChI=1S/C16H11ClN6O4.2C16H11ClN6O3S.C16H11FN6O3S/c17-10-3-5-11(6-4-10)19-20-14-13(21-22(15(14)24)16(18)25)9-1-7-12(8-2-9)23(26)27;17-10-3-5-11(6-4-10)19-20-14-13(21-22(15(14)24)16(18)27)9-1-7-12(8-2-9)23(25)26;2*17-11-3-1-2-4-12(11)19-20-14-13(21-22(15(14)24)16(18)27)9-5-7-10(8-6-9)23(25)26/h1-8,21H,(H2,18,25);3*1-8,21H,(H2,18,27). The summed E-state index contributed by atoms with van der Waals surface area (Å²) >= 11 is 32.2. The molecule has 0 atom stereocenters. The maximum absolute atomic E-state index is 13.7. The van der Waals surface area contributed by atoms with Gasteiger partial charge in [-0.1, -0.05) is 59.1 Å². The lowest BCUT2D eigenvalue weighted by Gasteiger charge is -2.00. The van der Waals surface area contributed by atoms with E-state index in [1.165, 1.54) is 115 Å². The minimum Gasteiger partial charge on any atom is -0.374 e. The van der Waals surface area contributed by atoms with E-state index in [-0.39, 0.29) is 89.3 Å². The summed E-state index contributed by atoms with van der Waals surface area (Å²) in [5.74, 6) is -0.608. The van der Waals surface area contributed by atoms with E-state index in [1.807, 2.05) is 0 Å². The summed E-state index contributed by atoms with van der Waals surface area (Å²) in [5.41, 5.74) is 22.1. The molecule has 4 heterocycles. The zero-order valence-corrected chi connectivity index (χ0v) is 58.7. The van der Waals surface area contributed by atoms with E-state index in [0.717, 1.165) is 14.0 Å². The van der Waals surface area contributed by atoms with Crippen LogP contribution in [-0.2, 0) is 0 Å². The first-order chi connectivity index (χ1) is 51.5. The van der Waals surface area contributed by atoms with Crippen LogP contribution in [0.2, 0.25) is 15.1 Å². The fourth-order valence-electron chi connectivity index (χ4n) is 9.01. The molecule has 12 N–H and O–H groups in total. The van der Waals surface area contributed by atoms with Crippen LogP contribution in [0.3, 0.4) is 0 Å². The van der Waals surface area contributed by atoms with Crippen molar-refractivity contribution in [1.82, 2.24) is 39.1 Å².